The van der Waals surface area contributed by atoms with Gasteiger partial charge in [-0.25, -0.2) is 4.79 Å². The minimum absolute atomic E-state index is 0.194. The zero-order valence-electron chi connectivity index (χ0n) is 16.7. The van der Waals surface area contributed by atoms with E-state index in [4.69, 9.17) is 4.74 Å². The average molecular weight is 429 g/mol. The predicted molar refractivity (Wildman–Crippen MR) is 116 cm³/mol. The van der Waals surface area contributed by atoms with Crippen molar-refractivity contribution in [3.8, 4) is 5.75 Å². The zero-order valence-corrected chi connectivity index (χ0v) is 17.5. The van der Waals surface area contributed by atoms with Crippen LogP contribution in [-0.2, 0) is 9.53 Å². The molecule has 0 bridgehead atoms. The first kappa shape index (κ1) is 21.5. The standard InChI is InChI=1S/C21H23N3O5S/c1-3-29-17-10-4-14(5-11-17)20(26)24-13-30-12-18(24)19(25)22-15-6-8-16(9-7-15)23-21(27)28-2/h4-11,18H,3,12-13H2,1-2H3,(H,22,25)(H,23,27). The fraction of sp³-hybridized carbons (Fsp3) is 0.286. The second kappa shape index (κ2) is 10.0. The van der Waals surface area contributed by atoms with Gasteiger partial charge in [-0.05, 0) is 55.5 Å². The summed E-state index contributed by atoms with van der Waals surface area (Å²) >= 11 is 1.53. The molecule has 3 amide bonds. The van der Waals surface area contributed by atoms with Gasteiger partial charge in [-0.3, -0.25) is 14.9 Å². The number of hydrogen-bond donors (Lipinski definition) is 2. The van der Waals surface area contributed by atoms with Gasteiger partial charge in [0.1, 0.15) is 11.8 Å². The summed E-state index contributed by atoms with van der Waals surface area (Å²) in [6, 6.07) is 13.0. The molecule has 0 aromatic heterocycles. The molecule has 158 valence electrons. The van der Waals surface area contributed by atoms with Crippen molar-refractivity contribution in [3.63, 3.8) is 0 Å². The highest BCUT2D eigenvalue weighted by atomic mass is 32.2. The summed E-state index contributed by atoms with van der Waals surface area (Å²) in [7, 11) is 1.28. The van der Waals surface area contributed by atoms with Crippen molar-refractivity contribution < 1.29 is 23.9 Å². The molecule has 0 saturated carbocycles. The zero-order chi connectivity index (χ0) is 21.5. The molecule has 1 fully saturated rings. The quantitative estimate of drug-likeness (QED) is 0.730. The lowest BCUT2D eigenvalue weighted by molar-refractivity contribution is -0.119. The van der Waals surface area contributed by atoms with E-state index < -0.39 is 12.1 Å². The Bertz CT molecular complexity index is 902. The van der Waals surface area contributed by atoms with Crippen LogP contribution in [0.3, 0.4) is 0 Å². The maximum Gasteiger partial charge on any atom is 0.411 e. The Hall–Kier alpha value is -3.20. The topological polar surface area (TPSA) is 97.0 Å². The average Bonchev–Trinajstić information content (AvgIpc) is 3.25. The lowest BCUT2D eigenvalue weighted by atomic mass is 10.1. The Balaban J connectivity index is 1.63. The highest BCUT2D eigenvalue weighted by Crippen LogP contribution is 2.25. The molecule has 9 heteroatoms. The fourth-order valence-corrected chi connectivity index (χ4v) is 4.07. The van der Waals surface area contributed by atoms with Crippen molar-refractivity contribution in [2.75, 3.05) is 36.0 Å². The number of rotatable bonds is 6. The van der Waals surface area contributed by atoms with Gasteiger partial charge in [-0.1, -0.05) is 0 Å². The van der Waals surface area contributed by atoms with E-state index in [0.717, 1.165) is 0 Å². The number of nitrogens with one attached hydrogen (secondary N) is 2. The van der Waals surface area contributed by atoms with Gasteiger partial charge in [0.2, 0.25) is 5.91 Å². The van der Waals surface area contributed by atoms with E-state index in [0.29, 0.717) is 40.9 Å². The third-order valence-electron chi connectivity index (χ3n) is 4.44. The third kappa shape index (κ3) is 5.24. The number of carbonyl (C=O) groups excluding carboxylic acids is 3. The van der Waals surface area contributed by atoms with Crippen molar-refractivity contribution in [2.24, 2.45) is 0 Å². The molecular weight excluding hydrogens is 406 g/mol. The molecule has 1 aliphatic heterocycles. The number of benzene rings is 2. The molecule has 3 rings (SSSR count). The maximum atomic E-state index is 12.9. The van der Waals surface area contributed by atoms with E-state index in [1.807, 2.05) is 6.92 Å². The van der Waals surface area contributed by atoms with Crippen LogP contribution in [0.1, 0.15) is 17.3 Å². The van der Waals surface area contributed by atoms with Gasteiger partial charge in [-0.2, -0.15) is 0 Å². The van der Waals surface area contributed by atoms with Gasteiger partial charge in [0.05, 0.1) is 19.6 Å². The summed E-state index contributed by atoms with van der Waals surface area (Å²) in [5.74, 6) is 1.22. The van der Waals surface area contributed by atoms with Crippen molar-refractivity contribution in [3.05, 3.63) is 54.1 Å². The highest BCUT2D eigenvalue weighted by molar-refractivity contribution is 7.99. The Morgan fingerprint density at radius 2 is 1.67 bits per heavy atom. The Kier molecular flexibility index (Phi) is 7.18. The number of carbonyl (C=O) groups is 3. The first-order chi connectivity index (χ1) is 14.5. The van der Waals surface area contributed by atoms with Crippen LogP contribution in [0, 0.1) is 0 Å². The second-order valence-electron chi connectivity index (χ2n) is 6.43. The molecule has 0 spiro atoms. The first-order valence-electron chi connectivity index (χ1n) is 9.39. The number of ether oxygens (including phenoxy) is 2. The smallest absolute Gasteiger partial charge is 0.411 e. The van der Waals surface area contributed by atoms with Crippen LogP contribution in [0.2, 0.25) is 0 Å². The summed E-state index contributed by atoms with van der Waals surface area (Å²) in [5, 5.41) is 5.37. The summed E-state index contributed by atoms with van der Waals surface area (Å²) in [4.78, 5) is 38.5. The molecule has 0 radical (unpaired) electrons. The largest absolute Gasteiger partial charge is 0.494 e. The number of thioether (sulfide) groups is 1. The molecule has 2 aromatic rings. The number of methoxy groups -OCH3 is 1. The van der Waals surface area contributed by atoms with E-state index in [1.54, 1.807) is 53.4 Å². The van der Waals surface area contributed by atoms with E-state index in [2.05, 4.69) is 15.4 Å². The van der Waals surface area contributed by atoms with Crippen LogP contribution >= 0.6 is 11.8 Å². The molecule has 1 aliphatic rings. The van der Waals surface area contributed by atoms with Crippen LogP contribution in [0.25, 0.3) is 0 Å². The monoisotopic (exact) mass is 429 g/mol. The lowest BCUT2D eigenvalue weighted by Crippen LogP contribution is -2.44. The highest BCUT2D eigenvalue weighted by Gasteiger charge is 2.35. The molecule has 1 heterocycles. The van der Waals surface area contributed by atoms with Crippen LogP contribution < -0.4 is 15.4 Å². The summed E-state index contributed by atoms with van der Waals surface area (Å²) < 4.78 is 9.94. The molecule has 2 aromatic carbocycles. The molecule has 0 aliphatic carbocycles. The van der Waals surface area contributed by atoms with Crippen LogP contribution in [0.15, 0.2) is 48.5 Å². The van der Waals surface area contributed by atoms with E-state index in [9.17, 15) is 14.4 Å². The Morgan fingerprint density at radius 3 is 2.27 bits per heavy atom. The SMILES string of the molecule is CCOc1ccc(C(=O)N2CSCC2C(=O)Nc2ccc(NC(=O)OC)cc2)cc1. The number of hydrogen-bond acceptors (Lipinski definition) is 6. The second-order valence-corrected chi connectivity index (χ2v) is 7.43. The van der Waals surface area contributed by atoms with Gasteiger partial charge in [0, 0.05) is 22.7 Å². The van der Waals surface area contributed by atoms with Crippen LogP contribution in [0.4, 0.5) is 16.2 Å². The van der Waals surface area contributed by atoms with Gasteiger partial charge in [0.25, 0.3) is 5.91 Å². The molecule has 1 saturated heterocycles. The van der Waals surface area contributed by atoms with Gasteiger partial charge < -0.3 is 19.7 Å². The molecule has 1 atom stereocenters. The predicted octanol–water partition coefficient (Wildman–Crippen LogP) is 3.42. The van der Waals surface area contributed by atoms with E-state index in [1.165, 1.54) is 18.9 Å². The molecule has 30 heavy (non-hydrogen) atoms. The maximum absolute atomic E-state index is 12.9. The summed E-state index contributed by atoms with van der Waals surface area (Å²) in [6.45, 7) is 2.45. The number of anilines is 2. The Labute approximate surface area is 178 Å². The number of amides is 3. The molecule has 1 unspecified atom stereocenters. The minimum Gasteiger partial charge on any atom is -0.494 e. The third-order valence-corrected chi connectivity index (χ3v) is 5.45. The molecule has 8 nitrogen and oxygen atoms in total. The van der Waals surface area contributed by atoms with Crippen molar-refractivity contribution in [2.45, 2.75) is 13.0 Å². The lowest BCUT2D eigenvalue weighted by Gasteiger charge is -2.23. The fourth-order valence-electron chi connectivity index (χ4n) is 2.92. The normalized spacial score (nSPS) is 15.4. The van der Waals surface area contributed by atoms with Gasteiger partial charge >= 0.3 is 6.09 Å². The van der Waals surface area contributed by atoms with E-state index in [-0.39, 0.29) is 11.8 Å². The van der Waals surface area contributed by atoms with Crippen LogP contribution in [-0.4, -0.2) is 54.2 Å². The first-order valence-corrected chi connectivity index (χ1v) is 10.5. The summed E-state index contributed by atoms with van der Waals surface area (Å²) in [6.07, 6.45) is -0.571. The molecule has 2 N–H and O–H groups in total. The van der Waals surface area contributed by atoms with Crippen molar-refractivity contribution in [1.29, 1.82) is 0 Å². The van der Waals surface area contributed by atoms with E-state index >= 15 is 0 Å². The summed E-state index contributed by atoms with van der Waals surface area (Å²) in [5.41, 5.74) is 1.63. The van der Waals surface area contributed by atoms with Crippen LogP contribution in [0.5, 0.6) is 5.75 Å². The van der Waals surface area contributed by atoms with Gasteiger partial charge in [-0.15, -0.1) is 11.8 Å². The number of nitrogens with zero attached hydrogens (tertiary/aromatic N) is 1. The van der Waals surface area contributed by atoms with Gasteiger partial charge in [0.15, 0.2) is 0 Å². The minimum atomic E-state index is -0.571. The van der Waals surface area contributed by atoms with Crippen molar-refractivity contribution >= 4 is 41.0 Å². The van der Waals surface area contributed by atoms with Crippen molar-refractivity contribution in [1.82, 2.24) is 4.90 Å². The Morgan fingerprint density at radius 1 is 1.03 bits per heavy atom. The molecular formula is C21H23N3O5S.